The highest BCUT2D eigenvalue weighted by Gasteiger charge is 2.47. The molecule has 3 aromatic carbocycles. The first-order chi connectivity index (χ1) is 15.7. The van der Waals surface area contributed by atoms with E-state index in [0.717, 1.165) is 0 Å². The number of nitro groups is 1. The molecule has 1 aliphatic heterocycles. The number of amides is 1. The highest BCUT2D eigenvalue weighted by atomic mass is 35.5. The zero-order chi connectivity index (χ0) is 23.9. The van der Waals surface area contributed by atoms with Gasteiger partial charge in [0.25, 0.3) is 17.4 Å². The molecule has 1 heterocycles. The summed E-state index contributed by atoms with van der Waals surface area (Å²) in [6.45, 7) is 0. The minimum atomic E-state index is -1.08. The van der Waals surface area contributed by atoms with Crippen molar-refractivity contribution in [2.75, 3.05) is 4.90 Å². The number of carbonyl (C=O) groups excluding carboxylic acids is 2. The van der Waals surface area contributed by atoms with Crippen LogP contribution in [0.15, 0.2) is 72.3 Å². The smallest absolute Gasteiger partial charge is 0.300 e. The molecule has 10 heteroatoms. The van der Waals surface area contributed by atoms with Gasteiger partial charge in [-0.1, -0.05) is 29.3 Å². The normalized spacial score (nSPS) is 17.4. The molecule has 2 N–H and O–H groups in total. The van der Waals surface area contributed by atoms with E-state index in [1.165, 1.54) is 47.4 Å². The van der Waals surface area contributed by atoms with Crippen molar-refractivity contribution in [3.8, 4) is 5.75 Å². The van der Waals surface area contributed by atoms with Crippen molar-refractivity contribution < 1.29 is 24.7 Å². The molecule has 1 fully saturated rings. The largest absolute Gasteiger partial charge is 0.507 e. The SMILES string of the molecule is O=C1C(=O)N(c2ccc(Cl)cc2)C(c2ccc(O)c(Cl)c2)/C1=C(/O)c1ccc([N+](=O)[O-])cc1. The molecule has 1 saturated heterocycles. The number of phenols is 1. The maximum Gasteiger partial charge on any atom is 0.300 e. The van der Waals surface area contributed by atoms with Crippen LogP contribution in [0.1, 0.15) is 17.2 Å². The Hall–Kier alpha value is -3.88. The molecular weight excluding hydrogens is 471 g/mol. The van der Waals surface area contributed by atoms with Gasteiger partial charge in [-0.3, -0.25) is 24.6 Å². The molecule has 1 atom stereocenters. The number of Topliss-reactive ketones (excluding diaryl/α,β-unsaturated/α-hetero) is 1. The Labute approximate surface area is 197 Å². The van der Waals surface area contributed by atoms with Gasteiger partial charge in [0.05, 0.1) is 21.6 Å². The van der Waals surface area contributed by atoms with E-state index in [1.807, 2.05) is 0 Å². The second-order valence-corrected chi connectivity index (χ2v) is 8.00. The van der Waals surface area contributed by atoms with Crippen molar-refractivity contribution in [3.05, 3.63) is 104 Å². The number of halogens is 2. The van der Waals surface area contributed by atoms with Crippen LogP contribution in [0.5, 0.6) is 5.75 Å². The molecule has 1 amide bonds. The summed E-state index contributed by atoms with van der Waals surface area (Å²) in [6.07, 6.45) is 0. The van der Waals surface area contributed by atoms with Crippen LogP contribution >= 0.6 is 23.2 Å². The maximum absolute atomic E-state index is 13.1. The van der Waals surface area contributed by atoms with E-state index in [0.29, 0.717) is 16.3 Å². The highest BCUT2D eigenvalue weighted by molar-refractivity contribution is 6.51. The summed E-state index contributed by atoms with van der Waals surface area (Å²) in [5.74, 6) is -2.54. The molecule has 8 nitrogen and oxygen atoms in total. The number of benzene rings is 3. The molecule has 0 aromatic heterocycles. The van der Waals surface area contributed by atoms with Gasteiger partial charge in [-0.2, -0.15) is 0 Å². The van der Waals surface area contributed by atoms with E-state index in [2.05, 4.69) is 0 Å². The van der Waals surface area contributed by atoms with Crippen molar-refractivity contribution in [1.29, 1.82) is 0 Å². The molecular formula is C23H14Cl2N2O6. The first kappa shape index (κ1) is 22.3. The van der Waals surface area contributed by atoms with Gasteiger partial charge in [0.15, 0.2) is 0 Å². The van der Waals surface area contributed by atoms with Crippen LogP contribution in [0, 0.1) is 10.1 Å². The van der Waals surface area contributed by atoms with E-state index in [-0.39, 0.29) is 27.6 Å². The number of carbonyl (C=O) groups is 2. The number of hydrogen-bond acceptors (Lipinski definition) is 6. The summed E-state index contributed by atoms with van der Waals surface area (Å²) < 4.78 is 0. The molecule has 0 radical (unpaired) electrons. The second-order valence-electron chi connectivity index (χ2n) is 7.16. The third-order valence-electron chi connectivity index (χ3n) is 5.19. The number of hydrogen-bond donors (Lipinski definition) is 2. The number of aliphatic hydroxyl groups excluding tert-OH is 1. The Bertz CT molecular complexity index is 1320. The second kappa shape index (κ2) is 8.57. The summed E-state index contributed by atoms with van der Waals surface area (Å²) >= 11 is 12.0. The summed E-state index contributed by atoms with van der Waals surface area (Å²) in [5.41, 5.74) is 0.388. The van der Waals surface area contributed by atoms with Crippen LogP contribution in [0.4, 0.5) is 11.4 Å². The lowest BCUT2D eigenvalue weighted by Crippen LogP contribution is -2.29. The zero-order valence-electron chi connectivity index (χ0n) is 16.6. The Morgan fingerprint density at radius 3 is 2.18 bits per heavy atom. The van der Waals surface area contributed by atoms with Crippen molar-refractivity contribution in [2.45, 2.75) is 6.04 Å². The fraction of sp³-hybridized carbons (Fsp3) is 0.0435. The molecule has 33 heavy (non-hydrogen) atoms. The highest BCUT2D eigenvalue weighted by Crippen LogP contribution is 2.43. The lowest BCUT2D eigenvalue weighted by Gasteiger charge is -2.25. The number of ketones is 1. The third kappa shape index (κ3) is 4.02. The Balaban J connectivity index is 1.93. The standard InChI is InChI=1S/C23H14Cl2N2O6/c24-14-4-8-15(9-5-14)26-20(13-3-10-18(28)17(25)11-13)19(22(30)23(26)31)21(29)12-1-6-16(7-2-12)27(32)33/h1-11,20,28-29H/b21-19-. The topological polar surface area (TPSA) is 121 Å². The number of aromatic hydroxyl groups is 1. The first-order valence-electron chi connectivity index (χ1n) is 9.49. The van der Waals surface area contributed by atoms with E-state index in [4.69, 9.17) is 23.2 Å². The lowest BCUT2D eigenvalue weighted by atomic mass is 9.95. The van der Waals surface area contributed by atoms with Crippen LogP contribution in [0.25, 0.3) is 5.76 Å². The van der Waals surface area contributed by atoms with Crippen LogP contribution in [0.3, 0.4) is 0 Å². The fourth-order valence-electron chi connectivity index (χ4n) is 3.61. The minimum absolute atomic E-state index is 0.00969. The Morgan fingerprint density at radius 1 is 0.970 bits per heavy atom. The molecule has 0 saturated carbocycles. The number of nitrogens with zero attached hydrogens (tertiary/aromatic N) is 2. The first-order valence-corrected chi connectivity index (χ1v) is 10.2. The van der Waals surface area contributed by atoms with E-state index >= 15 is 0 Å². The molecule has 0 aliphatic carbocycles. The number of anilines is 1. The van der Waals surface area contributed by atoms with Crippen molar-refractivity contribution in [2.24, 2.45) is 0 Å². The van der Waals surface area contributed by atoms with Crippen molar-refractivity contribution >= 4 is 52.0 Å². The summed E-state index contributed by atoms with van der Waals surface area (Å²) in [4.78, 5) is 37.6. The number of phenolic OH excluding ortho intramolecular Hbond substituents is 1. The van der Waals surface area contributed by atoms with Gasteiger partial charge in [0.1, 0.15) is 11.5 Å². The van der Waals surface area contributed by atoms with Crippen LogP contribution in [-0.2, 0) is 9.59 Å². The van der Waals surface area contributed by atoms with Crippen LogP contribution in [0.2, 0.25) is 10.0 Å². The Morgan fingerprint density at radius 2 is 1.61 bits per heavy atom. The van der Waals surface area contributed by atoms with Gasteiger partial charge >= 0.3 is 0 Å². The predicted octanol–water partition coefficient (Wildman–Crippen LogP) is 5.23. The van der Waals surface area contributed by atoms with Gasteiger partial charge < -0.3 is 10.2 Å². The number of aliphatic hydroxyl groups is 1. The molecule has 0 bridgehead atoms. The van der Waals surface area contributed by atoms with Gasteiger partial charge in [-0.25, -0.2) is 0 Å². The lowest BCUT2D eigenvalue weighted by molar-refractivity contribution is -0.384. The van der Waals surface area contributed by atoms with Gasteiger partial charge in [0.2, 0.25) is 0 Å². The number of nitro benzene ring substituents is 1. The molecule has 0 spiro atoms. The minimum Gasteiger partial charge on any atom is -0.507 e. The maximum atomic E-state index is 13.1. The quantitative estimate of drug-likeness (QED) is 0.172. The molecule has 1 unspecified atom stereocenters. The predicted molar refractivity (Wildman–Crippen MR) is 122 cm³/mol. The zero-order valence-corrected chi connectivity index (χ0v) is 18.1. The van der Waals surface area contributed by atoms with Crippen molar-refractivity contribution in [3.63, 3.8) is 0 Å². The van der Waals surface area contributed by atoms with E-state index < -0.39 is 28.4 Å². The number of rotatable bonds is 4. The van der Waals surface area contributed by atoms with Gasteiger partial charge in [0, 0.05) is 28.4 Å². The summed E-state index contributed by atoms with van der Waals surface area (Å²) in [5, 5.41) is 32.2. The van der Waals surface area contributed by atoms with E-state index in [1.54, 1.807) is 24.3 Å². The molecule has 166 valence electrons. The number of non-ortho nitro benzene ring substituents is 1. The summed E-state index contributed by atoms with van der Waals surface area (Å²) in [7, 11) is 0. The third-order valence-corrected chi connectivity index (χ3v) is 5.74. The molecule has 1 aliphatic rings. The van der Waals surface area contributed by atoms with E-state index in [9.17, 15) is 29.9 Å². The van der Waals surface area contributed by atoms with Crippen LogP contribution in [-0.4, -0.2) is 26.8 Å². The fourth-order valence-corrected chi connectivity index (χ4v) is 3.92. The van der Waals surface area contributed by atoms with Crippen LogP contribution < -0.4 is 4.90 Å². The molecule has 3 aromatic rings. The van der Waals surface area contributed by atoms with Gasteiger partial charge in [-0.05, 0) is 54.1 Å². The van der Waals surface area contributed by atoms with Gasteiger partial charge in [-0.15, -0.1) is 0 Å². The Kier molecular flexibility index (Phi) is 5.80. The van der Waals surface area contributed by atoms with Crippen molar-refractivity contribution in [1.82, 2.24) is 0 Å². The summed E-state index contributed by atoms with van der Waals surface area (Å²) in [6, 6.07) is 14.2. The molecule has 4 rings (SSSR count). The average molecular weight is 485 g/mol. The average Bonchev–Trinajstić information content (AvgIpc) is 3.06. The monoisotopic (exact) mass is 484 g/mol.